The van der Waals surface area contributed by atoms with E-state index in [0.717, 1.165) is 6.07 Å². The van der Waals surface area contributed by atoms with Gasteiger partial charge in [0.2, 0.25) is 5.95 Å². The fraction of sp³-hybridized carbons (Fsp3) is 0.286. The van der Waals surface area contributed by atoms with Gasteiger partial charge in [0, 0.05) is 11.1 Å². The van der Waals surface area contributed by atoms with Crippen molar-refractivity contribution in [2.24, 2.45) is 0 Å². The molecule has 1 aromatic heterocycles. The highest BCUT2D eigenvalue weighted by Gasteiger charge is 2.17. The number of aromatic nitrogens is 1. The van der Waals surface area contributed by atoms with Gasteiger partial charge in [-0.05, 0) is 22.0 Å². The van der Waals surface area contributed by atoms with Gasteiger partial charge in [-0.25, -0.2) is 13.8 Å². The van der Waals surface area contributed by atoms with Crippen LogP contribution in [0, 0.1) is 5.95 Å². The Morgan fingerprint density at radius 1 is 1.54 bits per heavy atom. The van der Waals surface area contributed by atoms with E-state index in [4.69, 9.17) is 5.11 Å². The molecule has 0 amide bonds. The Hall–Kier alpha value is -0.620. The first-order valence-corrected chi connectivity index (χ1v) is 4.09. The molecule has 0 unspecified atom stereocenters. The van der Waals surface area contributed by atoms with Gasteiger partial charge >= 0.3 is 0 Å². The molecule has 0 aromatic carbocycles. The summed E-state index contributed by atoms with van der Waals surface area (Å²) in [4.78, 5) is 3.24. The summed E-state index contributed by atoms with van der Waals surface area (Å²) >= 11 is 2.78. The van der Waals surface area contributed by atoms with Gasteiger partial charge < -0.3 is 5.11 Å². The largest absolute Gasteiger partial charge is 0.391 e. The summed E-state index contributed by atoms with van der Waals surface area (Å²) in [6.07, 6.45) is -2.82. The Morgan fingerprint density at radius 2 is 2.15 bits per heavy atom. The number of nitrogens with zero attached hydrogens (tertiary/aromatic N) is 1. The van der Waals surface area contributed by atoms with Crippen molar-refractivity contribution in [1.82, 2.24) is 4.98 Å². The van der Waals surface area contributed by atoms with Crippen molar-refractivity contribution in [3.8, 4) is 0 Å². The summed E-state index contributed by atoms with van der Waals surface area (Å²) in [7, 11) is 0. The van der Waals surface area contributed by atoms with Crippen molar-refractivity contribution < 1.29 is 18.3 Å². The van der Waals surface area contributed by atoms with E-state index in [1.165, 1.54) is 0 Å². The summed E-state index contributed by atoms with van der Waals surface area (Å²) in [6.45, 7) is -0.786. The van der Waals surface area contributed by atoms with Crippen LogP contribution in [0.5, 0.6) is 0 Å². The highest BCUT2D eigenvalue weighted by atomic mass is 79.9. The van der Waals surface area contributed by atoms with Crippen molar-refractivity contribution in [3.05, 3.63) is 27.7 Å². The number of hydrogen-bond donors (Lipinski definition) is 1. The highest BCUT2D eigenvalue weighted by Crippen LogP contribution is 2.26. The fourth-order valence-corrected chi connectivity index (χ4v) is 1.28. The summed E-state index contributed by atoms with van der Waals surface area (Å²) in [5.74, 6) is -1.08. The average molecular weight is 256 g/mol. The van der Waals surface area contributed by atoms with E-state index in [1.807, 2.05) is 0 Å². The molecular weight excluding hydrogens is 251 g/mol. The standard InChI is InChI=1S/C7H5BrF3NO/c8-5-1-3(6(9)10)4(2-13)7(11)12-5/h1,6,13H,2H2. The average Bonchev–Trinajstić information content (AvgIpc) is 2.02. The van der Waals surface area contributed by atoms with Crippen molar-refractivity contribution >= 4 is 15.9 Å². The SMILES string of the molecule is OCc1c(C(F)F)cc(Br)nc1F. The van der Waals surface area contributed by atoms with Crippen LogP contribution in [-0.4, -0.2) is 10.1 Å². The molecule has 72 valence electrons. The number of aliphatic hydroxyl groups is 1. The van der Waals surface area contributed by atoms with Crippen LogP contribution in [0.25, 0.3) is 0 Å². The van der Waals surface area contributed by atoms with Gasteiger partial charge in [-0.3, -0.25) is 0 Å². The number of aliphatic hydroxyl groups excluding tert-OH is 1. The van der Waals surface area contributed by atoms with Gasteiger partial charge in [-0.15, -0.1) is 0 Å². The quantitative estimate of drug-likeness (QED) is 0.824. The Labute approximate surface area is 80.5 Å². The van der Waals surface area contributed by atoms with Crippen molar-refractivity contribution in [2.75, 3.05) is 0 Å². The minimum Gasteiger partial charge on any atom is -0.391 e. The maximum atomic E-state index is 12.8. The van der Waals surface area contributed by atoms with Crippen LogP contribution in [-0.2, 0) is 6.61 Å². The van der Waals surface area contributed by atoms with E-state index >= 15 is 0 Å². The number of alkyl halides is 2. The Morgan fingerprint density at radius 3 is 2.62 bits per heavy atom. The summed E-state index contributed by atoms with van der Waals surface area (Å²) in [6, 6.07) is 0.985. The molecule has 0 atom stereocenters. The molecule has 1 rings (SSSR count). The van der Waals surface area contributed by atoms with Crippen LogP contribution in [0.4, 0.5) is 13.2 Å². The number of halogens is 4. The predicted molar refractivity (Wildman–Crippen MR) is 42.8 cm³/mol. The van der Waals surface area contributed by atoms with Crippen LogP contribution in [0.3, 0.4) is 0 Å². The fourth-order valence-electron chi connectivity index (χ4n) is 0.879. The van der Waals surface area contributed by atoms with E-state index in [9.17, 15) is 13.2 Å². The Kier molecular flexibility index (Phi) is 3.27. The summed E-state index contributed by atoms with van der Waals surface area (Å²) in [5, 5.41) is 8.61. The highest BCUT2D eigenvalue weighted by molar-refractivity contribution is 9.10. The van der Waals surface area contributed by atoms with Crippen molar-refractivity contribution in [1.29, 1.82) is 0 Å². The molecule has 6 heteroatoms. The monoisotopic (exact) mass is 255 g/mol. The zero-order valence-corrected chi connectivity index (χ0v) is 7.85. The molecule has 13 heavy (non-hydrogen) atoms. The van der Waals surface area contributed by atoms with E-state index in [0.29, 0.717) is 0 Å². The maximum Gasteiger partial charge on any atom is 0.264 e. The van der Waals surface area contributed by atoms with Gasteiger partial charge in [-0.2, -0.15) is 4.39 Å². The van der Waals surface area contributed by atoms with E-state index in [-0.39, 0.29) is 4.60 Å². The van der Waals surface area contributed by atoms with E-state index in [1.54, 1.807) is 0 Å². The first kappa shape index (κ1) is 10.5. The molecule has 2 nitrogen and oxygen atoms in total. The van der Waals surface area contributed by atoms with Crippen molar-refractivity contribution in [3.63, 3.8) is 0 Å². The minimum atomic E-state index is -2.82. The number of pyridine rings is 1. The van der Waals surface area contributed by atoms with Gasteiger partial charge in [0.05, 0.1) is 6.61 Å². The second-order valence-corrected chi connectivity index (χ2v) is 3.07. The molecule has 0 aliphatic rings. The smallest absolute Gasteiger partial charge is 0.264 e. The summed E-state index contributed by atoms with van der Waals surface area (Å²) in [5.41, 5.74) is -1.000. The van der Waals surface area contributed by atoms with Gasteiger partial charge in [0.25, 0.3) is 6.43 Å². The van der Waals surface area contributed by atoms with Crippen LogP contribution in [0.15, 0.2) is 10.7 Å². The topological polar surface area (TPSA) is 33.1 Å². The molecule has 0 fully saturated rings. The molecule has 1 heterocycles. The zero-order chi connectivity index (χ0) is 10.0. The van der Waals surface area contributed by atoms with E-state index in [2.05, 4.69) is 20.9 Å². The lowest BCUT2D eigenvalue weighted by molar-refractivity contribution is 0.145. The maximum absolute atomic E-state index is 12.8. The number of hydrogen-bond acceptors (Lipinski definition) is 2. The lowest BCUT2D eigenvalue weighted by Crippen LogP contribution is -2.01. The molecule has 0 radical (unpaired) electrons. The third-order valence-corrected chi connectivity index (χ3v) is 1.88. The minimum absolute atomic E-state index is 0.0162. The third-order valence-electron chi connectivity index (χ3n) is 1.47. The molecule has 1 N–H and O–H groups in total. The van der Waals surface area contributed by atoms with Crippen LogP contribution in [0.1, 0.15) is 17.6 Å². The molecule has 0 saturated carbocycles. The second-order valence-electron chi connectivity index (χ2n) is 2.26. The molecule has 0 bridgehead atoms. The second kappa shape index (κ2) is 4.06. The molecule has 0 spiro atoms. The van der Waals surface area contributed by atoms with Crippen LogP contribution in [0.2, 0.25) is 0 Å². The molecule has 0 aliphatic heterocycles. The summed E-state index contributed by atoms with van der Waals surface area (Å²) < 4.78 is 37.3. The zero-order valence-electron chi connectivity index (χ0n) is 6.27. The lowest BCUT2D eigenvalue weighted by Gasteiger charge is -2.06. The van der Waals surface area contributed by atoms with Crippen LogP contribution >= 0.6 is 15.9 Å². The normalized spacial score (nSPS) is 10.9. The van der Waals surface area contributed by atoms with E-state index < -0.39 is 30.1 Å². The van der Waals surface area contributed by atoms with Crippen molar-refractivity contribution in [2.45, 2.75) is 13.0 Å². The Balaban J connectivity index is 3.29. The first-order valence-electron chi connectivity index (χ1n) is 3.30. The third kappa shape index (κ3) is 2.19. The molecular formula is C7H5BrF3NO. The Bertz CT molecular complexity index is 319. The first-order chi connectivity index (χ1) is 6.06. The van der Waals surface area contributed by atoms with Gasteiger partial charge in [0.15, 0.2) is 0 Å². The molecule has 0 aliphatic carbocycles. The molecule has 0 saturated heterocycles. The number of rotatable bonds is 2. The van der Waals surface area contributed by atoms with Crippen LogP contribution < -0.4 is 0 Å². The lowest BCUT2D eigenvalue weighted by atomic mass is 10.1. The van der Waals surface area contributed by atoms with Gasteiger partial charge in [-0.1, -0.05) is 0 Å². The molecule has 1 aromatic rings. The predicted octanol–water partition coefficient (Wildman–Crippen LogP) is 2.41. The van der Waals surface area contributed by atoms with Gasteiger partial charge in [0.1, 0.15) is 4.60 Å².